The van der Waals surface area contributed by atoms with Gasteiger partial charge in [0.1, 0.15) is 0 Å². The van der Waals surface area contributed by atoms with Crippen LogP contribution < -0.4 is 0 Å². The van der Waals surface area contributed by atoms with Gasteiger partial charge in [-0.3, -0.25) is 0 Å². The van der Waals surface area contributed by atoms with E-state index in [4.69, 9.17) is 10.00 Å². The molecule has 3 aliphatic rings. The van der Waals surface area contributed by atoms with Crippen LogP contribution >= 0.6 is 11.8 Å². The maximum atomic E-state index is 8.96. The summed E-state index contributed by atoms with van der Waals surface area (Å²) in [6.07, 6.45) is 5.77. The van der Waals surface area contributed by atoms with Gasteiger partial charge >= 0.3 is 0 Å². The highest BCUT2D eigenvalue weighted by Crippen LogP contribution is 2.40. The average Bonchev–Trinajstić information content (AvgIpc) is 2.87. The number of piperidine rings is 1. The number of hydrogen-bond donors (Lipinski definition) is 0. The van der Waals surface area contributed by atoms with Gasteiger partial charge in [0.2, 0.25) is 0 Å². The number of hydrogen-bond acceptors (Lipinski definition) is 4. The fourth-order valence-electron chi connectivity index (χ4n) is 3.57. The third-order valence-corrected chi connectivity index (χ3v) is 5.99. The van der Waals surface area contributed by atoms with Crippen molar-refractivity contribution in [1.29, 1.82) is 5.26 Å². The van der Waals surface area contributed by atoms with Crippen LogP contribution in [0.25, 0.3) is 0 Å². The van der Waals surface area contributed by atoms with Crippen molar-refractivity contribution in [2.24, 2.45) is 5.92 Å². The van der Waals surface area contributed by atoms with Crippen molar-refractivity contribution in [3.05, 3.63) is 0 Å². The van der Waals surface area contributed by atoms with Crippen molar-refractivity contribution in [3.8, 4) is 6.07 Å². The number of ether oxygens (including phenoxy) is 1. The summed E-state index contributed by atoms with van der Waals surface area (Å²) in [4.78, 5) is 2.63. The Morgan fingerprint density at radius 1 is 1.28 bits per heavy atom. The molecule has 3 saturated heterocycles. The smallest absolute Gasteiger partial charge is 0.0795 e. The van der Waals surface area contributed by atoms with Crippen LogP contribution in [0, 0.1) is 17.2 Å². The summed E-state index contributed by atoms with van der Waals surface area (Å²) in [5.41, 5.74) is 0.194. The molecule has 0 radical (unpaired) electrons. The van der Waals surface area contributed by atoms with E-state index < -0.39 is 0 Å². The molecule has 0 aliphatic carbocycles. The molecule has 2 atom stereocenters. The second-order valence-electron chi connectivity index (χ2n) is 5.92. The van der Waals surface area contributed by atoms with Crippen molar-refractivity contribution < 1.29 is 4.74 Å². The molecule has 0 aromatic carbocycles. The molecule has 0 amide bonds. The van der Waals surface area contributed by atoms with E-state index in [1.807, 2.05) is 11.8 Å². The van der Waals surface area contributed by atoms with E-state index in [-0.39, 0.29) is 5.60 Å². The number of nitrogens with zero attached hydrogens (tertiary/aromatic N) is 2. The first-order valence-corrected chi connectivity index (χ1v) is 8.32. The first-order valence-electron chi connectivity index (χ1n) is 7.17. The van der Waals surface area contributed by atoms with Gasteiger partial charge < -0.3 is 9.64 Å². The largest absolute Gasteiger partial charge is 0.374 e. The van der Waals surface area contributed by atoms with Gasteiger partial charge in [0.25, 0.3) is 0 Å². The zero-order valence-corrected chi connectivity index (χ0v) is 11.8. The molecule has 3 heterocycles. The minimum atomic E-state index is 0.194. The molecule has 0 aromatic rings. The van der Waals surface area contributed by atoms with Crippen LogP contribution in [-0.4, -0.2) is 47.7 Å². The quantitative estimate of drug-likeness (QED) is 0.729. The minimum Gasteiger partial charge on any atom is -0.374 e. The van der Waals surface area contributed by atoms with Gasteiger partial charge in [0.15, 0.2) is 0 Å². The first kappa shape index (κ1) is 12.8. The summed E-state index contributed by atoms with van der Waals surface area (Å²) < 4.78 is 6.09. The molecule has 18 heavy (non-hydrogen) atoms. The summed E-state index contributed by atoms with van der Waals surface area (Å²) in [5.74, 6) is 2.76. The first-order chi connectivity index (χ1) is 8.81. The zero-order chi connectivity index (χ0) is 12.4. The Hall–Kier alpha value is -0.240. The number of nitriles is 1. The van der Waals surface area contributed by atoms with Crippen LogP contribution in [0.15, 0.2) is 0 Å². The lowest BCUT2D eigenvalue weighted by Gasteiger charge is -2.44. The zero-order valence-electron chi connectivity index (χ0n) is 10.9. The normalized spacial score (nSPS) is 38.9. The van der Waals surface area contributed by atoms with Gasteiger partial charge in [0.05, 0.1) is 11.7 Å². The van der Waals surface area contributed by atoms with Gasteiger partial charge in [-0.2, -0.15) is 17.0 Å². The Morgan fingerprint density at radius 2 is 2.11 bits per heavy atom. The highest BCUT2D eigenvalue weighted by Gasteiger charge is 2.42. The molecule has 3 aliphatic heterocycles. The molecule has 0 bridgehead atoms. The van der Waals surface area contributed by atoms with E-state index in [1.54, 1.807) is 0 Å². The maximum Gasteiger partial charge on any atom is 0.0795 e. The highest BCUT2D eigenvalue weighted by atomic mass is 32.2. The van der Waals surface area contributed by atoms with Gasteiger partial charge in [0, 0.05) is 24.3 Å². The van der Waals surface area contributed by atoms with Crippen molar-refractivity contribution in [2.45, 2.75) is 43.7 Å². The molecule has 3 nitrogen and oxygen atoms in total. The Morgan fingerprint density at radius 3 is 2.78 bits per heavy atom. The van der Waals surface area contributed by atoms with Crippen LogP contribution in [0.5, 0.6) is 0 Å². The second kappa shape index (κ2) is 5.40. The molecule has 0 saturated carbocycles. The van der Waals surface area contributed by atoms with E-state index in [0.29, 0.717) is 12.0 Å². The molecule has 3 fully saturated rings. The van der Waals surface area contributed by atoms with Crippen molar-refractivity contribution >= 4 is 11.8 Å². The number of rotatable bonds is 1. The summed E-state index contributed by atoms with van der Waals surface area (Å²) in [6.45, 7) is 3.17. The average molecular weight is 266 g/mol. The molecular formula is C14H22N2OS. The Bertz CT molecular complexity index is 327. The molecule has 4 heteroatoms. The van der Waals surface area contributed by atoms with Gasteiger partial charge in [-0.15, -0.1) is 0 Å². The lowest BCUT2D eigenvalue weighted by Crippen LogP contribution is -2.50. The van der Waals surface area contributed by atoms with Gasteiger partial charge in [-0.1, -0.05) is 0 Å². The molecule has 0 aromatic heterocycles. The van der Waals surface area contributed by atoms with Gasteiger partial charge in [-0.25, -0.2) is 0 Å². The topological polar surface area (TPSA) is 36.3 Å². The third kappa shape index (κ3) is 2.54. The summed E-state index contributed by atoms with van der Waals surface area (Å²) in [6, 6.07) is 3.13. The van der Waals surface area contributed by atoms with Crippen LogP contribution in [0.3, 0.4) is 0 Å². The lowest BCUT2D eigenvalue weighted by atomic mass is 9.87. The fourth-order valence-corrected chi connectivity index (χ4v) is 4.95. The Labute approximate surface area is 114 Å². The fraction of sp³-hybridized carbons (Fsp3) is 0.929. The van der Waals surface area contributed by atoms with Crippen molar-refractivity contribution in [1.82, 2.24) is 4.90 Å². The van der Waals surface area contributed by atoms with Crippen LogP contribution in [0.4, 0.5) is 0 Å². The minimum absolute atomic E-state index is 0.194. The van der Waals surface area contributed by atoms with Crippen molar-refractivity contribution in [2.75, 3.05) is 31.2 Å². The van der Waals surface area contributed by atoms with Crippen LogP contribution in [0.2, 0.25) is 0 Å². The monoisotopic (exact) mass is 266 g/mol. The molecule has 100 valence electrons. The van der Waals surface area contributed by atoms with Crippen molar-refractivity contribution in [3.63, 3.8) is 0 Å². The number of thioether (sulfide) groups is 1. The number of likely N-dealkylation sites (tertiary alicyclic amines) is 1. The second-order valence-corrected chi connectivity index (χ2v) is 7.03. The summed E-state index contributed by atoms with van der Waals surface area (Å²) in [7, 11) is 0. The predicted molar refractivity (Wildman–Crippen MR) is 73.6 cm³/mol. The van der Waals surface area contributed by atoms with E-state index in [9.17, 15) is 0 Å². The molecular weight excluding hydrogens is 244 g/mol. The Kier molecular flexibility index (Phi) is 3.83. The molecule has 0 N–H and O–H groups in total. The highest BCUT2D eigenvalue weighted by molar-refractivity contribution is 7.99. The van der Waals surface area contributed by atoms with E-state index >= 15 is 0 Å². The van der Waals surface area contributed by atoms with Crippen LogP contribution in [-0.2, 0) is 4.74 Å². The Balaban J connectivity index is 1.58. The standard InChI is InChI=1S/C14H22N2OS/c15-10-12-1-5-16(6-2-12)13-3-7-17-14(9-13)4-8-18-11-14/h12-13H,1-9,11H2. The van der Waals surface area contributed by atoms with E-state index in [2.05, 4.69) is 11.0 Å². The summed E-state index contributed by atoms with van der Waals surface area (Å²) >= 11 is 2.05. The predicted octanol–water partition coefficient (Wildman–Crippen LogP) is 2.28. The molecule has 1 spiro atoms. The van der Waals surface area contributed by atoms with E-state index in [1.165, 1.54) is 30.8 Å². The van der Waals surface area contributed by atoms with Gasteiger partial charge in [-0.05, 0) is 50.9 Å². The summed E-state index contributed by atoms with van der Waals surface area (Å²) in [5, 5.41) is 8.96. The third-order valence-electron chi connectivity index (χ3n) is 4.76. The van der Waals surface area contributed by atoms with Crippen LogP contribution in [0.1, 0.15) is 32.1 Å². The SMILES string of the molecule is N#CC1CCN(C2CCOC3(CCSC3)C2)CC1. The molecule has 3 rings (SSSR count). The molecule has 2 unspecified atom stereocenters. The maximum absolute atomic E-state index is 8.96. The lowest BCUT2D eigenvalue weighted by molar-refractivity contribution is -0.0922. The van der Waals surface area contributed by atoms with E-state index in [0.717, 1.165) is 32.5 Å².